The SMILES string of the molecule is O=C(Nc1ccc(S(=O)(=O)C2CCCC2)cc1)C1COc2ccccc2C1. The van der Waals surface area contributed by atoms with E-state index in [1.807, 2.05) is 24.3 Å². The van der Waals surface area contributed by atoms with Gasteiger partial charge < -0.3 is 10.1 Å². The van der Waals surface area contributed by atoms with Gasteiger partial charge in [0.25, 0.3) is 0 Å². The summed E-state index contributed by atoms with van der Waals surface area (Å²) in [6.07, 6.45) is 4.07. The number of amides is 1. The van der Waals surface area contributed by atoms with E-state index in [1.54, 1.807) is 24.3 Å². The first kappa shape index (κ1) is 18.0. The molecule has 2 aromatic carbocycles. The number of anilines is 1. The van der Waals surface area contributed by atoms with Crippen LogP contribution in [0.2, 0.25) is 0 Å². The van der Waals surface area contributed by atoms with Crippen LogP contribution in [0.25, 0.3) is 0 Å². The zero-order chi connectivity index (χ0) is 18.9. The number of nitrogens with one attached hydrogen (secondary N) is 1. The molecule has 6 heteroatoms. The van der Waals surface area contributed by atoms with Crippen molar-refractivity contribution in [2.45, 2.75) is 42.2 Å². The monoisotopic (exact) mass is 385 g/mol. The van der Waals surface area contributed by atoms with E-state index < -0.39 is 9.84 Å². The highest BCUT2D eigenvalue weighted by Gasteiger charge is 2.30. The smallest absolute Gasteiger partial charge is 0.231 e. The number of rotatable bonds is 4. The van der Waals surface area contributed by atoms with Crippen LogP contribution in [-0.4, -0.2) is 26.2 Å². The summed E-state index contributed by atoms with van der Waals surface area (Å²) in [5, 5.41) is 2.61. The number of para-hydroxylation sites is 1. The van der Waals surface area contributed by atoms with Crippen molar-refractivity contribution in [3.63, 3.8) is 0 Å². The Hall–Kier alpha value is -2.34. The third kappa shape index (κ3) is 3.72. The standard InChI is InChI=1S/C21H23NO4S/c23-21(16-13-15-5-1-4-8-20(15)26-14-16)22-17-9-11-19(12-10-17)27(24,25)18-6-2-3-7-18/h1,4-5,8-12,16,18H,2-3,6-7,13-14H2,(H,22,23). The van der Waals surface area contributed by atoms with Gasteiger partial charge >= 0.3 is 0 Å². The highest BCUT2D eigenvalue weighted by Crippen LogP contribution is 2.30. The average molecular weight is 385 g/mol. The molecule has 1 heterocycles. The number of hydrogen-bond acceptors (Lipinski definition) is 4. The van der Waals surface area contributed by atoms with Crippen LogP contribution in [0.15, 0.2) is 53.4 Å². The molecule has 142 valence electrons. The zero-order valence-electron chi connectivity index (χ0n) is 15.1. The Morgan fingerprint density at radius 1 is 1.00 bits per heavy atom. The van der Waals surface area contributed by atoms with Crippen LogP contribution in [0.5, 0.6) is 5.75 Å². The molecular formula is C21H23NO4S. The third-order valence-electron chi connectivity index (χ3n) is 5.44. The number of benzene rings is 2. The van der Waals surface area contributed by atoms with Gasteiger partial charge in [0.1, 0.15) is 12.4 Å². The summed E-state index contributed by atoms with van der Waals surface area (Å²) in [5.41, 5.74) is 1.63. The lowest BCUT2D eigenvalue weighted by Gasteiger charge is -2.24. The van der Waals surface area contributed by atoms with Crippen LogP contribution >= 0.6 is 0 Å². The van der Waals surface area contributed by atoms with E-state index in [0.29, 0.717) is 23.6 Å². The lowest BCUT2D eigenvalue weighted by Crippen LogP contribution is -2.32. The number of hydrogen-bond donors (Lipinski definition) is 1. The molecule has 4 rings (SSSR count). The van der Waals surface area contributed by atoms with Crippen LogP contribution in [0.1, 0.15) is 31.2 Å². The maximum absolute atomic E-state index is 12.6. The summed E-state index contributed by atoms with van der Waals surface area (Å²) >= 11 is 0. The number of sulfone groups is 1. The number of carbonyl (C=O) groups is 1. The second-order valence-electron chi connectivity index (χ2n) is 7.28. The lowest BCUT2D eigenvalue weighted by atomic mass is 9.96. The van der Waals surface area contributed by atoms with Crippen molar-refractivity contribution in [3.8, 4) is 5.75 Å². The quantitative estimate of drug-likeness (QED) is 0.873. The Balaban J connectivity index is 1.42. The maximum Gasteiger partial charge on any atom is 0.231 e. The molecule has 0 saturated heterocycles. The molecule has 1 amide bonds. The Bertz CT molecular complexity index is 931. The number of carbonyl (C=O) groups excluding carboxylic acids is 1. The highest BCUT2D eigenvalue weighted by atomic mass is 32.2. The molecule has 1 unspecified atom stereocenters. The van der Waals surface area contributed by atoms with Crippen molar-refractivity contribution in [1.29, 1.82) is 0 Å². The normalized spacial score (nSPS) is 19.9. The predicted octanol–water partition coefficient (Wildman–Crippen LogP) is 3.59. The van der Waals surface area contributed by atoms with Gasteiger partial charge in [0.15, 0.2) is 9.84 Å². The summed E-state index contributed by atoms with van der Waals surface area (Å²) in [7, 11) is -3.27. The zero-order valence-corrected chi connectivity index (χ0v) is 15.9. The topological polar surface area (TPSA) is 72.5 Å². The summed E-state index contributed by atoms with van der Waals surface area (Å²) in [6, 6.07) is 14.2. The van der Waals surface area contributed by atoms with Gasteiger partial charge in [-0.05, 0) is 55.2 Å². The Morgan fingerprint density at radius 2 is 1.70 bits per heavy atom. The van der Waals surface area contributed by atoms with E-state index in [0.717, 1.165) is 37.0 Å². The van der Waals surface area contributed by atoms with Crippen molar-refractivity contribution >= 4 is 21.4 Å². The van der Waals surface area contributed by atoms with Gasteiger partial charge in [-0.15, -0.1) is 0 Å². The fourth-order valence-electron chi connectivity index (χ4n) is 3.86. The van der Waals surface area contributed by atoms with Crippen LogP contribution < -0.4 is 10.1 Å². The molecule has 5 nitrogen and oxygen atoms in total. The number of ether oxygens (including phenoxy) is 1. The minimum Gasteiger partial charge on any atom is -0.492 e. The van der Waals surface area contributed by atoms with E-state index in [9.17, 15) is 13.2 Å². The van der Waals surface area contributed by atoms with Gasteiger partial charge in [0.2, 0.25) is 5.91 Å². The molecular weight excluding hydrogens is 362 g/mol. The molecule has 2 aliphatic rings. The first-order chi connectivity index (χ1) is 13.0. The van der Waals surface area contributed by atoms with E-state index in [1.165, 1.54) is 0 Å². The molecule has 0 spiro atoms. The molecule has 1 saturated carbocycles. The van der Waals surface area contributed by atoms with Crippen molar-refractivity contribution in [3.05, 3.63) is 54.1 Å². The summed E-state index contributed by atoms with van der Waals surface area (Å²) in [4.78, 5) is 12.9. The molecule has 1 N–H and O–H groups in total. The summed E-state index contributed by atoms with van der Waals surface area (Å²) in [5.74, 6) is 0.459. The van der Waals surface area contributed by atoms with E-state index in [-0.39, 0.29) is 17.1 Å². The lowest BCUT2D eigenvalue weighted by molar-refractivity contribution is -0.121. The van der Waals surface area contributed by atoms with Gasteiger partial charge in [0.05, 0.1) is 16.1 Å². The molecule has 27 heavy (non-hydrogen) atoms. The highest BCUT2D eigenvalue weighted by molar-refractivity contribution is 7.92. The third-order valence-corrected chi connectivity index (χ3v) is 7.72. The molecule has 2 aromatic rings. The molecule has 0 bridgehead atoms. The van der Waals surface area contributed by atoms with Gasteiger partial charge in [-0.25, -0.2) is 8.42 Å². The molecule has 1 aliphatic heterocycles. The first-order valence-corrected chi connectivity index (χ1v) is 10.9. The van der Waals surface area contributed by atoms with Crippen LogP contribution in [0.3, 0.4) is 0 Å². The van der Waals surface area contributed by atoms with Gasteiger partial charge in [0, 0.05) is 5.69 Å². The van der Waals surface area contributed by atoms with E-state index >= 15 is 0 Å². The molecule has 0 radical (unpaired) electrons. The Labute approximate surface area is 159 Å². The van der Waals surface area contributed by atoms with Crippen molar-refractivity contribution in [2.75, 3.05) is 11.9 Å². The van der Waals surface area contributed by atoms with Gasteiger partial charge in [-0.3, -0.25) is 4.79 Å². The second-order valence-corrected chi connectivity index (χ2v) is 9.51. The van der Waals surface area contributed by atoms with E-state index in [2.05, 4.69) is 5.32 Å². The minimum absolute atomic E-state index is 0.115. The predicted molar refractivity (Wildman–Crippen MR) is 104 cm³/mol. The molecule has 0 aromatic heterocycles. The van der Waals surface area contributed by atoms with Crippen molar-refractivity contribution < 1.29 is 17.9 Å². The Morgan fingerprint density at radius 3 is 2.44 bits per heavy atom. The second kappa shape index (κ2) is 7.35. The van der Waals surface area contributed by atoms with Crippen molar-refractivity contribution in [2.24, 2.45) is 5.92 Å². The van der Waals surface area contributed by atoms with E-state index in [4.69, 9.17) is 4.74 Å². The summed E-state index contributed by atoms with van der Waals surface area (Å²) in [6.45, 7) is 0.344. The summed E-state index contributed by atoms with van der Waals surface area (Å²) < 4.78 is 30.9. The largest absolute Gasteiger partial charge is 0.492 e. The van der Waals surface area contributed by atoms with Crippen molar-refractivity contribution in [1.82, 2.24) is 0 Å². The molecule has 1 aliphatic carbocycles. The minimum atomic E-state index is -3.27. The molecule has 1 atom stereocenters. The first-order valence-electron chi connectivity index (χ1n) is 9.39. The van der Waals surface area contributed by atoms with Gasteiger partial charge in [-0.1, -0.05) is 31.0 Å². The van der Waals surface area contributed by atoms with Gasteiger partial charge in [-0.2, -0.15) is 0 Å². The Kier molecular flexibility index (Phi) is 4.91. The molecule has 1 fully saturated rings. The fraction of sp³-hybridized carbons (Fsp3) is 0.381. The van der Waals surface area contributed by atoms with Crippen LogP contribution in [0.4, 0.5) is 5.69 Å². The van der Waals surface area contributed by atoms with Crippen LogP contribution in [0, 0.1) is 5.92 Å². The maximum atomic E-state index is 12.6. The fourth-order valence-corrected chi connectivity index (χ4v) is 5.71. The average Bonchev–Trinajstić information content (AvgIpc) is 3.24. The number of fused-ring (bicyclic) bond motifs is 1. The van der Waals surface area contributed by atoms with Crippen LogP contribution in [-0.2, 0) is 21.1 Å².